The van der Waals surface area contributed by atoms with E-state index in [1.807, 2.05) is 6.07 Å². The number of benzene rings is 1. The average Bonchev–Trinajstić information content (AvgIpc) is 3.42. The predicted molar refractivity (Wildman–Crippen MR) is 114 cm³/mol. The van der Waals surface area contributed by atoms with Crippen LogP contribution in [0.5, 0.6) is 11.5 Å². The van der Waals surface area contributed by atoms with Crippen LogP contribution in [-0.4, -0.2) is 35.6 Å². The Morgan fingerprint density at radius 2 is 1.67 bits per heavy atom. The number of ketones is 1. The molecule has 5 rings (SSSR count). The van der Waals surface area contributed by atoms with Gasteiger partial charge in [0, 0.05) is 23.0 Å². The molecule has 27 heavy (non-hydrogen) atoms. The molecular formula is C18H15NO4S4. The van der Waals surface area contributed by atoms with E-state index in [0.717, 1.165) is 47.0 Å². The number of hydrogen-bond donors (Lipinski definition) is 0. The van der Waals surface area contributed by atoms with Crippen molar-refractivity contribution in [3.63, 3.8) is 0 Å². The van der Waals surface area contributed by atoms with Crippen LogP contribution >= 0.6 is 47.0 Å². The zero-order valence-corrected chi connectivity index (χ0v) is 17.7. The molecule has 0 aliphatic carbocycles. The summed E-state index contributed by atoms with van der Waals surface area (Å²) >= 11 is 6.77. The second-order valence-electron chi connectivity index (χ2n) is 6.14. The van der Waals surface area contributed by atoms with E-state index in [0.29, 0.717) is 28.1 Å². The summed E-state index contributed by atoms with van der Waals surface area (Å²) in [5.41, 5.74) is 2.02. The molecule has 2 saturated heterocycles. The Kier molecular flexibility index (Phi) is 4.66. The van der Waals surface area contributed by atoms with Crippen LogP contribution in [0, 0.1) is 5.21 Å². The number of allylic oxidation sites excluding steroid dienone is 1. The Labute approximate surface area is 172 Å². The quantitative estimate of drug-likeness (QED) is 0.397. The minimum atomic E-state index is -0.00749. The first kappa shape index (κ1) is 17.9. The molecule has 4 aliphatic rings. The number of ether oxygens (including phenoxy) is 2. The second kappa shape index (κ2) is 7.02. The first-order valence-electron chi connectivity index (χ1n) is 8.45. The maximum atomic E-state index is 13.3. The predicted octanol–water partition coefficient (Wildman–Crippen LogP) is 2.50. The number of carbonyl (C=O) groups is 1. The zero-order valence-electron chi connectivity index (χ0n) is 14.4. The van der Waals surface area contributed by atoms with Gasteiger partial charge in [-0.1, -0.05) is 0 Å². The highest BCUT2D eigenvalue weighted by molar-refractivity contribution is 8.25. The van der Waals surface area contributed by atoms with Crippen molar-refractivity contribution in [1.29, 1.82) is 0 Å². The third-order valence-corrected chi connectivity index (χ3v) is 9.93. The Morgan fingerprint density at radius 1 is 1.04 bits per heavy atom. The molecule has 0 spiro atoms. The molecule has 9 heteroatoms. The van der Waals surface area contributed by atoms with Crippen LogP contribution in [0.2, 0.25) is 0 Å². The summed E-state index contributed by atoms with van der Waals surface area (Å²) < 4.78 is 14.0. The minimum absolute atomic E-state index is 0.00749. The summed E-state index contributed by atoms with van der Waals surface area (Å²) in [6, 6.07) is 3.59. The van der Waals surface area contributed by atoms with E-state index in [1.165, 1.54) is 0 Å². The van der Waals surface area contributed by atoms with E-state index < -0.39 is 0 Å². The number of rotatable bonds is 2. The normalized spacial score (nSPS) is 20.7. The molecule has 1 aromatic rings. The number of carbonyl (C=O) groups excluding carboxylic acids is 1. The molecule has 4 heterocycles. The van der Waals surface area contributed by atoms with Gasteiger partial charge in [-0.05, 0) is 13.0 Å². The standard InChI is InChI=1S/C18H15NO4S4/c1-9(20)14(17-24-2-3-25-17)15-10-6-12-13(23-8-22-12)7-11(10)19(21)16(15)18-26-4-5-27-18/h6-7H,2-5,8H2,1H3. The van der Waals surface area contributed by atoms with Crippen molar-refractivity contribution < 1.29 is 14.3 Å². The second-order valence-corrected chi connectivity index (χ2v) is 11.1. The lowest BCUT2D eigenvalue weighted by atomic mass is 10.0. The summed E-state index contributed by atoms with van der Waals surface area (Å²) in [6.45, 7) is 1.74. The molecular weight excluding hydrogens is 422 g/mol. The van der Waals surface area contributed by atoms with Crippen molar-refractivity contribution in [2.75, 3.05) is 29.8 Å². The zero-order chi connectivity index (χ0) is 18.5. The van der Waals surface area contributed by atoms with E-state index in [1.54, 1.807) is 60.0 Å². The molecule has 0 radical (unpaired) electrons. The van der Waals surface area contributed by atoms with Crippen LogP contribution in [0.25, 0.3) is 5.57 Å². The van der Waals surface area contributed by atoms with Crippen molar-refractivity contribution in [1.82, 2.24) is 4.74 Å². The number of Topliss-reactive ketones (excluding diaryl/α,β-unsaturated/α-hetero) is 1. The van der Waals surface area contributed by atoms with Crippen molar-refractivity contribution >= 4 is 58.4 Å². The third kappa shape index (κ3) is 2.90. The molecule has 5 nitrogen and oxygen atoms in total. The summed E-state index contributed by atoms with van der Waals surface area (Å²) in [5.74, 6) is 5.10. The van der Waals surface area contributed by atoms with Crippen LogP contribution in [0.4, 0.5) is 0 Å². The van der Waals surface area contributed by atoms with E-state index in [4.69, 9.17) is 9.47 Å². The van der Waals surface area contributed by atoms with Gasteiger partial charge in [-0.3, -0.25) is 4.79 Å². The largest absolute Gasteiger partial charge is 0.618 e. The maximum absolute atomic E-state index is 13.3. The fourth-order valence-corrected chi connectivity index (χ4v) is 8.58. The monoisotopic (exact) mass is 437 g/mol. The molecule has 1 aromatic carbocycles. The molecule has 0 amide bonds. The van der Waals surface area contributed by atoms with Gasteiger partial charge in [-0.15, -0.1) is 47.0 Å². The summed E-state index contributed by atoms with van der Waals surface area (Å²) in [4.78, 5) is 12.7. The highest BCUT2D eigenvalue weighted by Crippen LogP contribution is 2.46. The number of hydroxylamine groups is 1. The van der Waals surface area contributed by atoms with Gasteiger partial charge >= 0.3 is 0 Å². The van der Waals surface area contributed by atoms with Crippen molar-refractivity contribution in [3.8, 4) is 11.5 Å². The Morgan fingerprint density at radius 3 is 2.33 bits per heavy atom. The summed E-state index contributed by atoms with van der Waals surface area (Å²) in [5, 5.41) is 14.6. The van der Waals surface area contributed by atoms with Crippen LogP contribution in [0.15, 0.2) is 31.9 Å². The van der Waals surface area contributed by atoms with Gasteiger partial charge in [-0.25, -0.2) is 0 Å². The van der Waals surface area contributed by atoms with Crippen molar-refractivity contribution in [3.05, 3.63) is 47.7 Å². The topological polar surface area (TPSA) is 61.6 Å². The van der Waals surface area contributed by atoms with Gasteiger partial charge < -0.3 is 14.7 Å². The third-order valence-electron chi connectivity index (χ3n) is 4.52. The van der Waals surface area contributed by atoms with Crippen LogP contribution < -0.4 is 24.8 Å². The first-order valence-corrected chi connectivity index (χ1v) is 12.4. The van der Waals surface area contributed by atoms with Crippen LogP contribution in [0.1, 0.15) is 6.92 Å². The summed E-state index contributed by atoms with van der Waals surface area (Å²) in [7, 11) is 0. The van der Waals surface area contributed by atoms with E-state index >= 15 is 0 Å². The lowest BCUT2D eigenvalue weighted by Crippen LogP contribution is -2.30. The molecule has 140 valence electrons. The molecule has 0 aromatic heterocycles. The van der Waals surface area contributed by atoms with E-state index in [-0.39, 0.29) is 12.6 Å². The Bertz CT molecular complexity index is 1040. The van der Waals surface area contributed by atoms with E-state index in [9.17, 15) is 10.0 Å². The molecule has 0 atom stereocenters. The fraction of sp³-hybridized carbons (Fsp3) is 0.333. The first-order chi connectivity index (χ1) is 13.1. The van der Waals surface area contributed by atoms with Gasteiger partial charge in [0.1, 0.15) is 4.24 Å². The highest BCUT2D eigenvalue weighted by Gasteiger charge is 2.37. The molecule has 0 bridgehead atoms. The smallest absolute Gasteiger partial charge is 0.246 e. The highest BCUT2D eigenvalue weighted by atomic mass is 32.2. The van der Waals surface area contributed by atoms with Crippen LogP contribution in [0.3, 0.4) is 0 Å². The van der Waals surface area contributed by atoms with Gasteiger partial charge in [0.05, 0.1) is 26.7 Å². The van der Waals surface area contributed by atoms with Gasteiger partial charge in [0.25, 0.3) is 0 Å². The summed E-state index contributed by atoms with van der Waals surface area (Å²) in [6.07, 6.45) is 0. The lowest BCUT2D eigenvalue weighted by Gasteiger charge is -2.12. The average molecular weight is 438 g/mol. The van der Waals surface area contributed by atoms with E-state index in [2.05, 4.69) is 0 Å². The number of thioether (sulfide) groups is 4. The Balaban J connectivity index is 1.89. The number of nitrogens with zero attached hydrogens (tertiary/aromatic N) is 1. The van der Waals surface area contributed by atoms with Crippen molar-refractivity contribution in [2.45, 2.75) is 6.92 Å². The molecule has 4 aliphatic heterocycles. The number of fused-ring (bicyclic) bond motifs is 2. The molecule has 0 N–H and O–H groups in total. The Hall–Kier alpha value is -1.16. The van der Waals surface area contributed by atoms with Gasteiger partial charge in [0.15, 0.2) is 17.3 Å². The minimum Gasteiger partial charge on any atom is -0.618 e. The molecule has 0 unspecified atom stereocenters. The molecule has 2 fully saturated rings. The fourth-order valence-electron chi connectivity index (χ4n) is 3.41. The van der Waals surface area contributed by atoms with Gasteiger partial charge in [0.2, 0.25) is 17.8 Å². The maximum Gasteiger partial charge on any atom is 0.246 e. The van der Waals surface area contributed by atoms with Crippen molar-refractivity contribution in [2.24, 2.45) is 0 Å². The number of hydrogen-bond acceptors (Lipinski definition) is 8. The molecule has 0 saturated carbocycles. The SMILES string of the molecule is CC(=O)C(=C1SCCS1)C1=c2cc3c(cc2=[N+]([O-])C1=C1SCCS1)OCO3. The van der Waals surface area contributed by atoms with Crippen LogP contribution in [-0.2, 0) is 4.79 Å². The lowest BCUT2D eigenvalue weighted by molar-refractivity contribution is -0.113. The van der Waals surface area contributed by atoms with Gasteiger partial charge in [-0.2, -0.15) is 4.74 Å².